The van der Waals surface area contributed by atoms with E-state index in [1.165, 1.54) is 30.4 Å². The fourth-order valence-electron chi connectivity index (χ4n) is 2.56. The van der Waals surface area contributed by atoms with Crippen molar-refractivity contribution in [3.05, 3.63) is 81.2 Å². The molecule has 0 saturated carbocycles. The Kier molecular flexibility index (Phi) is 5.09. The summed E-state index contributed by atoms with van der Waals surface area (Å²) >= 11 is 1.27. The van der Waals surface area contributed by atoms with Gasteiger partial charge in [0.1, 0.15) is 0 Å². The van der Waals surface area contributed by atoms with Gasteiger partial charge < -0.3 is 4.57 Å². The van der Waals surface area contributed by atoms with E-state index < -0.39 is 10.8 Å². The highest BCUT2D eigenvalue weighted by atomic mass is 32.1. The van der Waals surface area contributed by atoms with Crippen molar-refractivity contribution in [2.75, 3.05) is 0 Å². The number of carbonyl (C=O) groups excluding carboxylic acids is 2. The van der Waals surface area contributed by atoms with Gasteiger partial charge in [-0.25, -0.2) is 0 Å². The quantitative estimate of drug-likeness (QED) is 0.291. The second kappa shape index (κ2) is 7.46. The van der Waals surface area contributed by atoms with E-state index in [2.05, 4.69) is 11.6 Å². The second-order valence-electron chi connectivity index (χ2n) is 5.74. The number of aromatic nitrogens is 1. The Morgan fingerprint density at radius 2 is 1.89 bits per heavy atom. The molecular weight excluding hydrogens is 366 g/mol. The van der Waals surface area contributed by atoms with E-state index in [-0.39, 0.29) is 11.5 Å². The first-order valence-electron chi connectivity index (χ1n) is 7.99. The van der Waals surface area contributed by atoms with Crippen LogP contribution in [0.5, 0.6) is 0 Å². The van der Waals surface area contributed by atoms with Crippen molar-refractivity contribution in [1.82, 2.24) is 4.57 Å². The number of hydrogen-bond acceptors (Lipinski definition) is 5. The number of allylic oxidation sites excluding steroid dienone is 1. The maximum atomic E-state index is 12.5. The predicted molar refractivity (Wildman–Crippen MR) is 103 cm³/mol. The Morgan fingerprint density at radius 1 is 1.22 bits per heavy atom. The van der Waals surface area contributed by atoms with Crippen LogP contribution in [0.1, 0.15) is 27.6 Å². The summed E-state index contributed by atoms with van der Waals surface area (Å²) in [6.07, 6.45) is 1.64. The minimum absolute atomic E-state index is 0.0317. The number of non-ortho nitro benzene ring substituents is 1. The van der Waals surface area contributed by atoms with E-state index in [0.717, 1.165) is 4.70 Å². The fourth-order valence-corrected chi connectivity index (χ4v) is 3.58. The summed E-state index contributed by atoms with van der Waals surface area (Å²) in [4.78, 5) is 39.0. The number of benzene rings is 2. The lowest BCUT2D eigenvalue weighted by Gasteiger charge is -2.01. The summed E-state index contributed by atoms with van der Waals surface area (Å²) in [6.45, 7) is 5.51. The Bertz CT molecular complexity index is 1140. The standard InChI is InChI=1S/C19H15N3O4S/c1-3-10-21-16-11-15(22(25)26)8-9-17(16)27-19(21)20-18(24)14-6-4-13(5-7-14)12(2)23/h3-9,11H,1,10H2,2H3. The number of amides is 1. The van der Waals surface area contributed by atoms with Crippen LogP contribution in [0.25, 0.3) is 10.2 Å². The van der Waals surface area contributed by atoms with E-state index >= 15 is 0 Å². The highest BCUT2D eigenvalue weighted by Gasteiger charge is 2.13. The van der Waals surface area contributed by atoms with E-state index in [0.29, 0.717) is 28.0 Å². The van der Waals surface area contributed by atoms with Gasteiger partial charge in [0.2, 0.25) is 0 Å². The van der Waals surface area contributed by atoms with Crippen LogP contribution in [0.4, 0.5) is 5.69 Å². The Balaban J connectivity index is 2.09. The van der Waals surface area contributed by atoms with Crippen molar-refractivity contribution >= 4 is 38.9 Å². The van der Waals surface area contributed by atoms with Crippen LogP contribution in [-0.4, -0.2) is 21.2 Å². The van der Waals surface area contributed by atoms with Gasteiger partial charge in [0.25, 0.3) is 11.6 Å². The highest BCUT2D eigenvalue weighted by molar-refractivity contribution is 7.16. The number of nitrogens with zero attached hydrogens (tertiary/aromatic N) is 3. The molecule has 0 atom stereocenters. The van der Waals surface area contributed by atoms with Gasteiger partial charge in [0, 0.05) is 29.8 Å². The number of fused-ring (bicyclic) bond motifs is 1. The second-order valence-corrected chi connectivity index (χ2v) is 6.75. The van der Waals surface area contributed by atoms with Crippen molar-refractivity contribution < 1.29 is 14.5 Å². The van der Waals surface area contributed by atoms with Crippen molar-refractivity contribution in [1.29, 1.82) is 0 Å². The number of nitro groups is 1. The first kappa shape index (κ1) is 18.4. The first-order valence-corrected chi connectivity index (χ1v) is 8.81. The molecule has 0 saturated heterocycles. The molecule has 0 aliphatic heterocycles. The summed E-state index contributed by atoms with van der Waals surface area (Å²) in [7, 11) is 0. The van der Waals surface area contributed by atoms with E-state index in [1.54, 1.807) is 41.0 Å². The Hall–Kier alpha value is -3.39. The summed E-state index contributed by atoms with van der Waals surface area (Å²) in [5.74, 6) is -0.537. The number of nitro benzene ring substituents is 1. The molecule has 136 valence electrons. The van der Waals surface area contributed by atoms with Gasteiger partial charge in [-0.15, -0.1) is 6.58 Å². The number of ketones is 1. The third-order valence-corrected chi connectivity index (χ3v) is 4.98. The number of thiazole rings is 1. The molecule has 0 radical (unpaired) electrons. The summed E-state index contributed by atoms with van der Waals surface area (Å²) in [6, 6.07) is 10.8. The molecule has 3 rings (SSSR count). The molecule has 0 fully saturated rings. The minimum atomic E-state index is -0.464. The molecular formula is C19H15N3O4S. The lowest BCUT2D eigenvalue weighted by Crippen LogP contribution is -2.16. The number of Topliss-reactive ketones (excluding diaryl/α,β-unsaturated/α-hetero) is 1. The zero-order chi connectivity index (χ0) is 19.6. The van der Waals surface area contributed by atoms with E-state index in [9.17, 15) is 19.7 Å². The molecule has 0 unspecified atom stereocenters. The molecule has 1 aromatic heterocycles. The summed E-state index contributed by atoms with van der Waals surface area (Å²) < 4.78 is 2.49. The lowest BCUT2D eigenvalue weighted by molar-refractivity contribution is -0.384. The number of rotatable bonds is 5. The zero-order valence-electron chi connectivity index (χ0n) is 14.4. The Morgan fingerprint density at radius 3 is 2.48 bits per heavy atom. The van der Waals surface area contributed by atoms with Gasteiger partial charge >= 0.3 is 0 Å². The van der Waals surface area contributed by atoms with Gasteiger partial charge in [-0.2, -0.15) is 4.99 Å². The van der Waals surface area contributed by atoms with Crippen molar-refractivity contribution in [2.24, 2.45) is 4.99 Å². The maximum absolute atomic E-state index is 12.5. The third kappa shape index (κ3) is 3.75. The van der Waals surface area contributed by atoms with E-state index in [4.69, 9.17) is 0 Å². The molecule has 0 aliphatic rings. The SMILES string of the molecule is C=CCn1c(=NC(=O)c2ccc(C(C)=O)cc2)sc2ccc([N+](=O)[O-])cc21. The first-order chi connectivity index (χ1) is 12.9. The smallest absolute Gasteiger partial charge is 0.279 e. The maximum Gasteiger partial charge on any atom is 0.279 e. The van der Waals surface area contributed by atoms with Crippen molar-refractivity contribution in [3.8, 4) is 0 Å². The van der Waals surface area contributed by atoms with Crippen LogP contribution >= 0.6 is 11.3 Å². The molecule has 7 nitrogen and oxygen atoms in total. The molecule has 0 aliphatic carbocycles. The minimum Gasteiger partial charge on any atom is -0.312 e. The van der Waals surface area contributed by atoms with Crippen LogP contribution < -0.4 is 4.80 Å². The average molecular weight is 381 g/mol. The van der Waals surface area contributed by atoms with Crippen LogP contribution in [0.2, 0.25) is 0 Å². The topological polar surface area (TPSA) is 94.6 Å². The monoisotopic (exact) mass is 381 g/mol. The Labute approximate surface area is 158 Å². The molecule has 0 bridgehead atoms. The largest absolute Gasteiger partial charge is 0.312 e. The van der Waals surface area contributed by atoms with E-state index in [1.807, 2.05) is 0 Å². The lowest BCUT2D eigenvalue weighted by atomic mass is 10.1. The molecule has 27 heavy (non-hydrogen) atoms. The number of hydrogen-bond donors (Lipinski definition) is 0. The predicted octanol–water partition coefficient (Wildman–Crippen LogP) is 3.74. The molecule has 1 heterocycles. The fraction of sp³-hybridized carbons (Fsp3) is 0.105. The molecule has 8 heteroatoms. The summed E-state index contributed by atoms with van der Waals surface area (Å²) in [5.41, 5.74) is 1.46. The van der Waals surface area contributed by atoms with Crippen LogP contribution in [0.3, 0.4) is 0 Å². The van der Waals surface area contributed by atoms with Crippen LogP contribution in [0.15, 0.2) is 60.1 Å². The van der Waals surface area contributed by atoms with Crippen LogP contribution in [-0.2, 0) is 6.54 Å². The van der Waals surface area contributed by atoms with Crippen molar-refractivity contribution in [2.45, 2.75) is 13.5 Å². The molecule has 0 N–H and O–H groups in total. The number of carbonyl (C=O) groups is 2. The summed E-state index contributed by atoms with van der Waals surface area (Å²) in [5, 5.41) is 11.0. The zero-order valence-corrected chi connectivity index (χ0v) is 15.2. The third-order valence-electron chi connectivity index (χ3n) is 3.92. The van der Waals surface area contributed by atoms with Gasteiger partial charge in [-0.05, 0) is 25.1 Å². The molecule has 1 amide bonds. The molecule has 2 aromatic carbocycles. The molecule has 0 spiro atoms. The van der Waals surface area contributed by atoms with Crippen LogP contribution in [0, 0.1) is 10.1 Å². The highest BCUT2D eigenvalue weighted by Crippen LogP contribution is 2.23. The molecule has 3 aromatic rings. The normalized spacial score (nSPS) is 11.5. The van der Waals surface area contributed by atoms with Gasteiger partial charge in [-0.1, -0.05) is 29.5 Å². The average Bonchev–Trinajstić information content (AvgIpc) is 2.98. The van der Waals surface area contributed by atoms with Crippen molar-refractivity contribution in [3.63, 3.8) is 0 Å². The van der Waals surface area contributed by atoms with Gasteiger partial charge in [0.15, 0.2) is 10.6 Å². The van der Waals surface area contributed by atoms with Gasteiger partial charge in [-0.3, -0.25) is 19.7 Å². The van der Waals surface area contributed by atoms with Gasteiger partial charge in [0.05, 0.1) is 15.1 Å².